The Kier molecular flexibility index (Phi) is 7.32. The van der Waals surface area contributed by atoms with E-state index in [-0.39, 0.29) is 19.2 Å². The first kappa shape index (κ1) is 18.2. The lowest BCUT2D eigenvalue weighted by Crippen LogP contribution is -2.38. The van der Waals surface area contributed by atoms with Crippen LogP contribution >= 0.6 is 0 Å². The summed E-state index contributed by atoms with van der Waals surface area (Å²) in [6.45, 7) is 0.290. The first-order valence-corrected chi connectivity index (χ1v) is 6.94. The van der Waals surface area contributed by atoms with Crippen LogP contribution in [-0.2, 0) is 14.3 Å². The highest BCUT2D eigenvalue weighted by atomic mass is 16.5. The van der Waals surface area contributed by atoms with Gasteiger partial charge in [-0.15, -0.1) is 0 Å². The summed E-state index contributed by atoms with van der Waals surface area (Å²) in [6, 6.07) is 8.31. The van der Waals surface area contributed by atoms with Crippen molar-refractivity contribution in [3.8, 4) is 5.75 Å². The highest BCUT2D eigenvalue weighted by Crippen LogP contribution is 2.08. The highest BCUT2D eigenvalue weighted by molar-refractivity contribution is 5.92. The van der Waals surface area contributed by atoms with Gasteiger partial charge in [0.1, 0.15) is 12.4 Å². The lowest BCUT2D eigenvalue weighted by molar-refractivity contribution is -0.138. The summed E-state index contributed by atoms with van der Waals surface area (Å²) >= 11 is 0. The minimum atomic E-state index is -0.680. The normalized spacial score (nSPS) is 10.2. The van der Waals surface area contributed by atoms with Crippen LogP contribution in [0.3, 0.4) is 0 Å². The van der Waals surface area contributed by atoms with E-state index in [4.69, 9.17) is 9.47 Å². The molecule has 0 N–H and O–H groups in total. The third-order valence-corrected chi connectivity index (χ3v) is 2.70. The van der Waals surface area contributed by atoms with Gasteiger partial charge in [0.25, 0.3) is 0 Å². The van der Waals surface area contributed by atoms with E-state index in [1.54, 1.807) is 51.5 Å². The second kappa shape index (κ2) is 9.24. The molecule has 1 aromatic rings. The van der Waals surface area contributed by atoms with E-state index < -0.39 is 11.9 Å². The zero-order valence-electron chi connectivity index (χ0n) is 13.4. The van der Waals surface area contributed by atoms with Crippen molar-refractivity contribution < 1.29 is 23.9 Å². The number of nitrogens with zero attached hydrogens (tertiary/aromatic N) is 2. The molecule has 0 saturated heterocycles. The maximum Gasteiger partial charge on any atom is 0.336 e. The Bertz CT molecular complexity index is 569. The fourth-order valence-electron chi connectivity index (χ4n) is 1.54. The molecule has 0 unspecified atom stereocenters. The van der Waals surface area contributed by atoms with E-state index in [9.17, 15) is 14.4 Å². The van der Waals surface area contributed by atoms with Gasteiger partial charge in [0, 0.05) is 33.3 Å². The van der Waals surface area contributed by atoms with Gasteiger partial charge in [0.2, 0.25) is 0 Å². The fourth-order valence-corrected chi connectivity index (χ4v) is 1.54. The zero-order chi connectivity index (χ0) is 17.2. The maximum atomic E-state index is 11.5. The Morgan fingerprint density at radius 2 is 1.61 bits per heavy atom. The first-order chi connectivity index (χ1) is 10.9. The molecule has 0 atom stereocenters. The van der Waals surface area contributed by atoms with Crippen molar-refractivity contribution in [3.05, 3.63) is 42.5 Å². The van der Waals surface area contributed by atoms with Gasteiger partial charge < -0.3 is 19.3 Å². The molecule has 0 aliphatic carbocycles. The summed E-state index contributed by atoms with van der Waals surface area (Å²) in [4.78, 5) is 37.3. The molecule has 0 heterocycles. The molecule has 7 heteroatoms. The number of para-hydroxylation sites is 1. The average Bonchev–Trinajstić information content (AvgIpc) is 2.53. The van der Waals surface area contributed by atoms with Gasteiger partial charge in [-0.3, -0.25) is 0 Å². The number of hydrogen-bond donors (Lipinski definition) is 0. The summed E-state index contributed by atoms with van der Waals surface area (Å²) in [6.07, 6.45) is 1.98. The van der Waals surface area contributed by atoms with Crippen molar-refractivity contribution in [2.24, 2.45) is 0 Å². The SMILES string of the molecule is CN(C)C(=O)N(C)CCOC(=O)/C=C/C(=O)Oc1ccccc1. The maximum absolute atomic E-state index is 11.5. The quantitative estimate of drug-likeness (QED) is 0.449. The van der Waals surface area contributed by atoms with Crippen LogP contribution in [0.2, 0.25) is 0 Å². The molecule has 0 bridgehead atoms. The molecule has 0 radical (unpaired) electrons. The lowest BCUT2D eigenvalue weighted by Gasteiger charge is -2.21. The van der Waals surface area contributed by atoms with Crippen LogP contribution in [0.25, 0.3) is 0 Å². The Balaban J connectivity index is 2.30. The Labute approximate surface area is 135 Å². The third kappa shape index (κ3) is 7.12. The number of esters is 2. The van der Waals surface area contributed by atoms with Crippen LogP contribution in [0.15, 0.2) is 42.5 Å². The van der Waals surface area contributed by atoms with Crippen LogP contribution in [0, 0.1) is 0 Å². The molecule has 124 valence electrons. The smallest absolute Gasteiger partial charge is 0.336 e. The predicted molar refractivity (Wildman–Crippen MR) is 83.9 cm³/mol. The van der Waals surface area contributed by atoms with Gasteiger partial charge >= 0.3 is 18.0 Å². The Hall–Kier alpha value is -2.83. The molecule has 23 heavy (non-hydrogen) atoms. The highest BCUT2D eigenvalue weighted by Gasteiger charge is 2.10. The van der Waals surface area contributed by atoms with E-state index in [1.807, 2.05) is 0 Å². The van der Waals surface area contributed by atoms with Crippen molar-refractivity contribution in [1.82, 2.24) is 9.80 Å². The largest absolute Gasteiger partial charge is 0.461 e. The number of hydrogen-bond acceptors (Lipinski definition) is 5. The number of rotatable bonds is 6. The number of amides is 2. The zero-order valence-corrected chi connectivity index (χ0v) is 13.4. The van der Waals surface area contributed by atoms with E-state index in [0.29, 0.717) is 5.75 Å². The van der Waals surface area contributed by atoms with Crippen LogP contribution in [0.4, 0.5) is 4.79 Å². The monoisotopic (exact) mass is 320 g/mol. The molecule has 0 saturated carbocycles. The number of ether oxygens (including phenoxy) is 2. The van der Waals surface area contributed by atoms with Crippen LogP contribution < -0.4 is 4.74 Å². The molecule has 7 nitrogen and oxygen atoms in total. The average molecular weight is 320 g/mol. The number of likely N-dealkylation sites (N-methyl/N-ethyl adjacent to an activating group) is 1. The standard InChI is InChI=1S/C16H20N2O5/c1-17(2)16(21)18(3)11-12-22-14(19)9-10-15(20)23-13-7-5-4-6-8-13/h4-10H,11-12H2,1-3H3/b10-9+. The van der Waals surface area contributed by atoms with Gasteiger partial charge in [0.15, 0.2) is 0 Å². The van der Waals surface area contributed by atoms with Crippen molar-refractivity contribution in [1.29, 1.82) is 0 Å². The molecule has 0 fully saturated rings. The molecule has 0 spiro atoms. The molecule has 0 aromatic heterocycles. The van der Waals surface area contributed by atoms with Gasteiger partial charge in [-0.1, -0.05) is 18.2 Å². The van der Waals surface area contributed by atoms with Gasteiger partial charge in [0.05, 0.1) is 6.54 Å². The van der Waals surface area contributed by atoms with E-state index in [0.717, 1.165) is 12.2 Å². The molecule has 0 aliphatic heterocycles. The van der Waals surface area contributed by atoms with Crippen molar-refractivity contribution in [2.75, 3.05) is 34.3 Å². The van der Waals surface area contributed by atoms with Crippen molar-refractivity contribution in [2.45, 2.75) is 0 Å². The van der Waals surface area contributed by atoms with E-state index in [2.05, 4.69) is 0 Å². The van der Waals surface area contributed by atoms with Crippen LogP contribution in [0.5, 0.6) is 5.75 Å². The summed E-state index contributed by atoms with van der Waals surface area (Å²) in [5.41, 5.74) is 0. The minimum Gasteiger partial charge on any atom is -0.461 e. The summed E-state index contributed by atoms with van der Waals surface area (Å²) < 4.78 is 9.87. The minimum absolute atomic E-state index is 0.0347. The number of carbonyl (C=O) groups excluding carboxylic acids is 3. The number of benzene rings is 1. The summed E-state index contributed by atoms with van der Waals surface area (Å²) in [7, 11) is 4.86. The van der Waals surface area contributed by atoms with E-state index in [1.165, 1.54) is 9.80 Å². The number of carbonyl (C=O) groups is 3. The third-order valence-electron chi connectivity index (χ3n) is 2.70. The van der Waals surface area contributed by atoms with E-state index >= 15 is 0 Å². The van der Waals surface area contributed by atoms with Gasteiger partial charge in [-0.05, 0) is 12.1 Å². The Morgan fingerprint density at radius 1 is 1.00 bits per heavy atom. The van der Waals surface area contributed by atoms with Gasteiger partial charge in [-0.25, -0.2) is 14.4 Å². The molecular formula is C16H20N2O5. The molecular weight excluding hydrogens is 300 g/mol. The summed E-state index contributed by atoms with van der Waals surface area (Å²) in [5.74, 6) is -0.965. The van der Waals surface area contributed by atoms with Crippen molar-refractivity contribution >= 4 is 18.0 Å². The second-order valence-corrected chi connectivity index (χ2v) is 4.83. The molecule has 2 amide bonds. The molecule has 1 aromatic carbocycles. The van der Waals surface area contributed by atoms with Crippen LogP contribution in [-0.4, -0.2) is 62.1 Å². The second-order valence-electron chi connectivity index (χ2n) is 4.83. The lowest BCUT2D eigenvalue weighted by atomic mass is 10.3. The molecule has 0 aliphatic rings. The Morgan fingerprint density at radius 3 is 2.22 bits per heavy atom. The van der Waals surface area contributed by atoms with Crippen molar-refractivity contribution in [3.63, 3.8) is 0 Å². The van der Waals surface area contributed by atoms with Crippen LogP contribution in [0.1, 0.15) is 0 Å². The molecule has 1 rings (SSSR count). The number of urea groups is 1. The predicted octanol–water partition coefficient (Wildman–Crippen LogP) is 1.30. The van der Waals surface area contributed by atoms with Gasteiger partial charge in [-0.2, -0.15) is 0 Å². The summed E-state index contributed by atoms with van der Waals surface area (Å²) in [5, 5.41) is 0. The fraction of sp³-hybridized carbons (Fsp3) is 0.312. The first-order valence-electron chi connectivity index (χ1n) is 6.94. The topological polar surface area (TPSA) is 76.2 Å².